The number of phenols is 1. The Labute approximate surface area is 152 Å². The number of aromatic nitrogens is 2. The van der Waals surface area contributed by atoms with E-state index in [-0.39, 0.29) is 29.7 Å². The molecule has 0 unspecified atom stereocenters. The van der Waals surface area contributed by atoms with Gasteiger partial charge in [-0.3, -0.25) is 9.67 Å². The van der Waals surface area contributed by atoms with Crippen LogP contribution in [-0.4, -0.2) is 35.0 Å². The first kappa shape index (κ1) is 19.1. The standard InChI is InChI=1S/C15H21N5O2.HI/c1-16-15(18-10-12-6-7-19-20(12)2)17-9-11-8-13(22-3)4-5-14(11)21;/h4-8,21H,9-10H2,1-3H3,(H2,16,17,18);1H. The fourth-order valence-electron chi connectivity index (χ4n) is 1.98. The number of guanidine groups is 1. The Morgan fingerprint density at radius 2 is 2.04 bits per heavy atom. The lowest BCUT2D eigenvalue weighted by molar-refractivity contribution is 0.410. The zero-order chi connectivity index (χ0) is 15.9. The number of halogens is 1. The van der Waals surface area contributed by atoms with Crippen LogP contribution in [0, 0.1) is 0 Å². The average Bonchev–Trinajstić information content (AvgIpc) is 2.94. The second-order valence-electron chi connectivity index (χ2n) is 4.72. The minimum Gasteiger partial charge on any atom is -0.508 e. The van der Waals surface area contributed by atoms with Gasteiger partial charge in [0, 0.05) is 32.4 Å². The van der Waals surface area contributed by atoms with Crippen molar-refractivity contribution in [1.29, 1.82) is 0 Å². The molecule has 0 saturated heterocycles. The van der Waals surface area contributed by atoms with Crippen molar-refractivity contribution in [3.63, 3.8) is 0 Å². The SMILES string of the molecule is CN=C(NCc1cc(OC)ccc1O)NCc1ccnn1C.I. The molecular formula is C15H22IN5O2. The Kier molecular flexibility index (Phi) is 7.66. The van der Waals surface area contributed by atoms with Crippen LogP contribution in [0.1, 0.15) is 11.3 Å². The number of ether oxygens (including phenoxy) is 1. The van der Waals surface area contributed by atoms with E-state index in [0.29, 0.717) is 24.8 Å². The van der Waals surface area contributed by atoms with Crippen molar-refractivity contribution in [3.05, 3.63) is 41.7 Å². The van der Waals surface area contributed by atoms with Crippen molar-refractivity contribution in [2.24, 2.45) is 12.0 Å². The van der Waals surface area contributed by atoms with Crippen molar-refractivity contribution < 1.29 is 9.84 Å². The van der Waals surface area contributed by atoms with Crippen LogP contribution in [0.4, 0.5) is 0 Å². The van der Waals surface area contributed by atoms with E-state index in [9.17, 15) is 5.11 Å². The monoisotopic (exact) mass is 431 g/mol. The summed E-state index contributed by atoms with van der Waals surface area (Å²) in [6, 6.07) is 7.06. The number of rotatable bonds is 5. The highest BCUT2D eigenvalue weighted by Gasteiger charge is 2.05. The first-order chi connectivity index (χ1) is 10.6. The van der Waals surface area contributed by atoms with Gasteiger partial charge in [0.05, 0.1) is 19.3 Å². The molecule has 0 amide bonds. The fraction of sp³-hybridized carbons (Fsp3) is 0.333. The number of hydrogen-bond donors (Lipinski definition) is 3. The van der Waals surface area contributed by atoms with Gasteiger partial charge < -0.3 is 20.5 Å². The number of nitrogens with zero attached hydrogens (tertiary/aromatic N) is 3. The highest BCUT2D eigenvalue weighted by molar-refractivity contribution is 14.0. The molecule has 2 aromatic rings. The van der Waals surface area contributed by atoms with Crippen LogP contribution in [0.25, 0.3) is 0 Å². The quantitative estimate of drug-likeness (QED) is 0.381. The van der Waals surface area contributed by atoms with E-state index in [1.165, 1.54) is 0 Å². The Hall–Kier alpha value is -1.97. The zero-order valence-corrected chi connectivity index (χ0v) is 15.7. The summed E-state index contributed by atoms with van der Waals surface area (Å²) in [4.78, 5) is 4.16. The van der Waals surface area contributed by atoms with E-state index in [4.69, 9.17) is 4.74 Å². The van der Waals surface area contributed by atoms with E-state index < -0.39 is 0 Å². The molecule has 0 aliphatic rings. The number of aryl methyl sites for hydroxylation is 1. The third-order valence-electron chi connectivity index (χ3n) is 3.32. The lowest BCUT2D eigenvalue weighted by Crippen LogP contribution is -2.36. The van der Waals surface area contributed by atoms with E-state index in [1.54, 1.807) is 43.2 Å². The zero-order valence-electron chi connectivity index (χ0n) is 13.4. The molecule has 0 bridgehead atoms. The van der Waals surface area contributed by atoms with Crippen molar-refractivity contribution in [1.82, 2.24) is 20.4 Å². The molecule has 0 fully saturated rings. The van der Waals surface area contributed by atoms with Gasteiger partial charge in [-0.05, 0) is 24.3 Å². The van der Waals surface area contributed by atoms with E-state index in [0.717, 1.165) is 11.3 Å². The largest absolute Gasteiger partial charge is 0.508 e. The van der Waals surface area contributed by atoms with Gasteiger partial charge in [-0.15, -0.1) is 24.0 Å². The highest BCUT2D eigenvalue weighted by atomic mass is 127. The molecule has 0 aliphatic heterocycles. The van der Waals surface area contributed by atoms with Crippen molar-refractivity contribution >= 4 is 29.9 Å². The van der Waals surface area contributed by atoms with Crippen LogP contribution in [0.3, 0.4) is 0 Å². The lowest BCUT2D eigenvalue weighted by Gasteiger charge is -2.13. The smallest absolute Gasteiger partial charge is 0.191 e. The van der Waals surface area contributed by atoms with Crippen molar-refractivity contribution in [2.75, 3.05) is 14.2 Å². The molecule has 23 heavy (non-hydrogen) atoms. The molecule has 1 aromatic carbocycles. The molecule has 2 rings (SSSR count). The molecule has 1 heterocycles. The van der Waals surface area contributed by atoms with Crippen molar-refractivity contribution in [2.45, 2.75) is 13.1 Å². The van der Waals surface area contributed by atoms with Gasteiger partial charge in [0.1, 0.15) is 11.5 Å². The third kappa shape index (κ3) is 5.31. The lowest BCUT2D eigenvalue weighted by atomic mass is 10.2. The van der Waals surface area contributed by atoms with Crippen LogP contribution in [0.2, 0.25) is 0 Å². The van der Waals surface area contributed by atoms with Gasteiger partial charge >= 0.3 is 0 Å². The summed E-state index contributed by atoms with van der Waals surface area (Å²) in [6.07, 6.45) is 1.75. The topological polar surface area (TPSA) is 83.7 Å². The number of nitrogens with one attached hydrogen (secondary N) is 2. The highest BCUT2D eigenvalue weighted by Crippen LogP contribution is 2.22. The molecule has 8 heteroatoms. The summed E-state index contributed by atoms with van der Waals surface area (Å²) in [5, 5.41) is 20.3. The van der Waals surface area contributed by atoms with Crippen LogP contribution in [0.5, 0.6) is 11.5 Å². The maximum Gasteiger partial charge on any atom is 0.191 e. The minimum atomic E-state index is 0. The Bertz CT molecular complexity index is 657. The maximum absolute atomic E-state index is 9.87. The summed E-state index contributed by atoms with van der Waals surface area (Å²) in [5.41, 5.74) is 1.79. The van der Waals surface area contributed by atoms with Crippen LogP contribution < -0.4 is 15.4 Å². The van der Waals surface area contributed by atoms with Gasteiger partial charge in [0.15, 0.2) is 5.96 Å². The number of benzene rings is 1. The fourth-order valence-corrected chi connectivity index (χ4v) is 1.98. The Morgan fingerprint density at radius 3 is 2.65 bits per heavy atom. The summed E-state index contributed by atoms with van der Waals surface area (Å²) in [5.74, 6) is 1.56. The normalized spacial score (nSPS) is 10.8. The predicted octanol–water partition coefficient (Wildman–Crippen LogP) is 1.62. The van der Waals surface area contributed by atoms with Crippen LogP contribution in [0.15, 0.2) is 35.5 Å². The number of methoxy groups -OCH3 is 1. The van der Waals surface area contributed by atoms with Crippen molar-refractivity contribution in [3.8, 4) is 11.5 Å². The average molecular weight is 431 g/mol. The first-order valence-electron chi connectivity index (χ1n) is 6.91. The predicted molar refractivity (Wildman–Crippen MR) is 100 cm³/mol. The van der Waals surface area contributed by atoms with Gasteiger partial charge in [0.25, 0.3) is 0 Å². The number of aromatic hydroxyl groups is 1. The van der Waals surface area contributed by atoms with E-state index in [2.05, 4.69) is 20.7 Å². The van der Waals surface area contributed by atoms with Crippen LogP contribution in [-0.2, 0) is 20.1 Å². The molecule has 7 nitrogen and oxygen atoms in total. The summed E-state index contributed by atoms with van der Waals surface area (Å²) < 4.78 is 6.96. The molecule has 0 atom stereocenters. The number of phenolic OH excluding ortho intramolecular Hbond substituents is 1. The molecule has 0 saturated carbocycles. The van der Waals surface area contributed by atoms with Gasteiger partial charge in [-0.25, -0.2) is 0 Å². The number of aliphatic imine (C=N–C) groups is 1. The van der Waals surface area contributed by atoms with E-state index in [1.807, 2.05) is 13.1 Å². The molecule has 3 N–H and O–H groups in total. The first-order valence-corrected chi connectivity index (χ1v) is 6.91. The minimum absolute atomic E-state index is 0. The Morgan fingerprint density at radius 1 is 1.30 bits per heavy atom. The molecule has 1 aromatic heterocycles. The molecule has 0 spiro atoms. The summed E-state index contributed by atoms with van der Waals surface area (Å²) >= 11 is 0. The number of hydrogen-bond acceptors (Lipinski definition) is 4. The van der Waals surface area contributed by atoms with Gasteiger partial charge in [0.2, 0.25) is 0 Å². The van der Waals surface area contributed by atoms with Gasteiger partial charge in [-0.2, -0.15) is 5.10 Å². The van der Waals surface area contributed by atoms with E-state index >= 15 is 0 Å². The summed E-state index contributed by atoms with van der Waals surface area (Å²) in [7, 11) is 5.18. The molecule has 0 aliphatic carbocycles. The Balaban J connectivity index is 0.00000264. The summed E-state index contributed by atoms with van der Waals surface area (Å²) in [6.45, 7) is 1.05. The second kappa shape index (κ2) is 9.23. The molecule has 126 valence electrons. The maximum atomic E-state index is 9.87. The van der Waals surface area contributed by atoms with Gasteiger partial charge in [-0.1, -0.05) is 0 Å². The van der Waals surface area contributed by atoms with Crippen LogP contribution >= 0.6 is 24.0 Å². The molecular weight excluding hydrogens is 409 g/mol. The second-order valence-corrected chi connectivity index (χ2v) is 4.72. The third-order valence-corrected chi connectivity index (χ3v) is 3.32. The molecule has 0 radical (unpaired) electrons.